The fraction of sp³-hybridized carbons (Fsp3) is 0.385. The average Bonchev–Trinajstić information content (AvgIpc) is 2.87. The molecule has 7 heteroatoms. The number of hydrogen-bond acceptors (Lipinski definition) is 3. The quantitative estimate of drug-likeness (QED) is 0.894. The summed E-state index contributed by atoms with van der Waals surface area (Å²) in [6.45, 7) is 0.679. The first-order chi connectivity index (χ1) is 9.47. The van der Waals surface area contributed by atoms with Crippen molar-refractivity contribution in [2.75, 3.05) is 19.7 Å². The Labute approximate surface area is 124 Å². The SMILES string of the molecule is NC(=O)C1CCN(C(=O)COc2ccc(F)cc2Br)C1. The van der Waals surface area contributed by atoms with Crippen molar-refractivity contribution in [1.82, 2.24) is 4.90 Å². The number of primary amides is 1. The molecule has 0 aromatic heterocycles. The van der Waals surface area contributed by atoms with Crippen molar-refractivity contribution in [3.8, 4) is 5.75 Å². The van der Waals surface area contributed by atoms with Gasteiger partial charge in [0.05, 0.1) is 10.4 Å². The summed E-state index contributed by atoms with van der Waals surface area (Å²) >= 11 is 3.16. The fourth-order valence-corrected chi connectivity index (χ4v) is 2.51. The van der Waals surface area contributed by atoms with Gasteiger partial charge in [-0.05, 0) is 40.5 Å². The van der Waals surface area contributed by atoms with Crippen LogP contribution >= 0.6 is 15.9 Å². The molecule has 1 atom stereocenters. The minimum absolute atomic E-state index is 0.157. The predicted octanol–water partition coefficient (Wildman–Crippen LogP) is 1.30. The number of hydrogen-bond donors (Lipinski definition) is 1. The Hall–Kier alpha value is -1.63. The smallest absolute Gasteiger partial charge is 0.260 e. The van der Waals surface area contributed by atoms with Gasteiger partial charge < -0.3 is 15.4 Å². The minimum atomic E-state index is -0.389. The number of benzene rings is 1. The van der Waals surface area contributed by atoms with E-state index in [2.05, 4.69) is 15.9 Å². The van der Waals surface area contributed by atoms with Gasteiger partial charge in [-0.15, -0.1) is 0 Å². The van der Waals surface area contributed by atoms with E-state index >= 15 is 0 Å². The summed E-state index contributed by atoms with van der Waals surface area (Å²) in [4.78, 5) is 24.5. The van der Waals surface area contributed by atoms with Crippen LogP contribution in [-0.4, -0.2) is 36.4 Å². The van der Waals surface area contributed by atoms with E-state index in [0.717, 1.165) is 0 Å². The third-order valence-electron chi connectivity index (χ3n) is 3.19. The molecule has 1 fully saturated rings. The molecular formula is C13H14BrFN2O3. The molecule has 108 valence electrons. The molecule has 0 bridgehead atoms. The van der Waals surface area contributed by atoms with E-state index in [-0.39, 0.29) is 30.2 Å². The molecular weight excluding hydrogens is 331 g/mol. The number of likely N-dealkylation sites (tertiary alicyclic amines) is 1. The normalized spacial score (nSPS) is 18.1. The zero-order valence-electron chi connectivity index (χ0n) is 10.6. The summed E-state index contributed by atoms with van der Waals surface area (Å²) in [5.41, 5.74) is 5.21. The number of ether oxygens (including phenoxy) is 1. The van der Waals surface area contributed by atoms with Crippen molar-refractivity contribution < 1.29 is 18.7 Å². The lowest BCUT2D eigenvalue weighted by Gasteiger charge is -2.16. The summed E-state index contributed by atoms with van der Waals surface area (Å²) < 4.78 is 18.7. The summed E-state index contributed by atoms with van der Waals surface area (Å²) in [5.74, 6) is -0.881. The summed E-state index contributed by atoms with van der Waals surface area (Å²) in [7, 11) is 0. The first-order valence-electron chi connectivity index (χ1n) is 6.12. The molecule has 0 aliphatic carbocycles. The predicted molar refractivity (Wildman–Crippen MR) is 73.5 cm³/mol. The Balaban J connectivity index is 1.88. The molecule has 2 amide bonds. The number of rotatable bonds is 4. The third kappa shape index (κ3) is 3.47. The molecule has 20 heavy (non-hydrogen) atoms. The van der Waals surface area contributed by atoms with Crippen LogP contribution in [0.5, 0.6) is 5.75 Å². The maximum Gasteiger partial charge on any atom is 0.260 e. The van der Waals surface area contributed by atoms with Gasteiger partial charge in [0, 0.05) is 13.1 Å². The van der Waals surface area contributed by atoms with E-state index < -0.39 is 0 Å². The first-order valence-corrected chi connectivity index (χ1v) is 6.91. The second-order valence-corrected chi connectivity index (χ2v) is 5.45. The van der Waals surface area contributed by atoms with Crippen LogP contribution in [0.4, 0.5) is 4.39 Å². The van der Waals surface area contributed by atoms with Gasteiger partial charge in [-0.2, -0.15) is 0 Å². The van der Waals surface area contributed by atoms with Crippen LogP contribution in [-0.2, 0) is 9.59 Å². The van der Waals surface area contributed by atoms with Crippen LogP contribution in [0.1, 0.15) is 6.42 Å². The molecule has 0 radical (unpaired) electrons. The summed E-state index contributed by atoms with van der Waals surface area (Å²) in [6, 6.07) is 3.96. The van der Waals surface area contributed by atoms with Crippen molar-refractivity contribution in [2.24, 2.45) is 11.7 Å². The Morgan fingerprint density at radius 1 is 1.50 bits per heavy atom. The van der Waals surface area contributed by atoms with Crippen LogP contribution in [0, 0.1) is 11.7 Å². The maximum absolute atomic E-state index is 12.9. The minimum Gasteiger partial charge on any atom is -0.483 e. The van der Waals surface area contributed by atoms with Gasteiger partial charge in [-0.25, -0.2) is 4.39 Å². The second kappa shape index (κ2) is 6.21. The highest BCUT2D eigenvalue weighted by Gasteiger charge is 2.29. The monoisotopic (exact) mass is 344 g/mol. The van der Waals surface area contributed by atoms with E-state index in [1.165, 1.54) is 18.2 Å². The van der Waals surface area contributed by atoms with Gasteiger partial charge in [-0.1, -0.05) is 0 Å². The van der Waals surface area contributed by atoms with Crippen molar-refractivity contribution in [2.45, 2.75) is 6.42 Å². The standard InChI is InChI=1S/C13H14BrFN2O3/c14-10-5-9(15)1-2-11(10)20-7-12(18)17-4-3-8(6-17)13(16)19/h1-2,5,8H,3-4,6-7H2,(H2,16,19). The lowest BCUT2D eigenvalue weighted by atomic mass is 10.1. The van der Waals surface area contributed by atoms with E-state index in [9.17, 15) is 14.0 Å². The molecule has 1 heterocycles. The zero-order chi connectivity index (χ0) is 14.7. The molecule has 1 aromatic rings. The second-order valence-electron chi connectivity index (χ2n) is 4.59. The molecule has 1 aliphatic rings. The number of carbonyl (C=O) groups excluding carboxylic acids is 2. The fourth-order valence-electron chi connectivity index (χ4n) is 2.04. The molecule has 2 N–H and O–H groups in total. The Morgan fingerprint density at radius 3 is 2.85 bits per heavy atom. The Bertz CT molecular complexity index is 538. The van der Waals surface area contributed by atoms with E-state index in [1.54, 1.807) is 4.90 Å². The van der Waals surface area contributed by atoms with Crippen molar-refractivity contribution in [3.63, 3.8) is 0 Å². The van der Waals surface area contributed by atoms with Crippen LogP contribution in [0.15, 0.2) is 22.7 Å². The lowest BCUT2D eigenvalue weighted by Crippen LogP contribution is -2.34. The molecule has 5 nitrogen and oxygen atoms in total. The molecule has 1 unspecified atom stereocenters. The highest BCUT2D eigenvalue weighted by Crippen LogP contribution is 2.25. The summed E-state index contributed by atoms with van der Waals surface area (Å²) in [5, 5.41) is 0. The molecule has 0 saturated carbocycles. The Kier molecular flexibility index (Phi) is 4.59. The molecule has 0 spiro atoms. The maximum atomic E-state index is 12.9. The number of amides is 2. The first kappa shape index (κ1) is 14.8. The molecule has 1 aliphatic heterocycles. The lowest BCUT2D eigenvalue weighted by molar-refractivity contribution is -0.132. The highest BCUT2D eigenvalue weighted by atomic mass is 79.9. The van der Waals surface area contributed by atoms with Crippen LogP contribution in [0.3, 0.4) is 0 Å². The topological polar surface area (TPSA) is 72.6 Å². The zero-order valence-corrected chi connectivity index (χ0v) is 12.2. The van der Waals surface area contributed by atoms with Gasteiger partial charge in [0.25, 0.3) is 5.91 Å². The van der Waals surface area contributed by atoms with E-state index in [1.807, 2.05) is 0 Å². The third-order valence-corrected chi connectivity index (χ3v) is 3.81. The van der Waals surface area contributed by atoms with Gasteiger partial charge in [0.1, 0.15) is 11.6 Å². The molecule has 1 saturated heterocycles. The van der Waals surface area contributed by atoms with Crippen LogP contribution < -0.4 is 10.5 Å². The molecule has 1 aromatic carbocycles. The number of carbonyl (C=O) groups is 2. The largest absolute Gasteiger partial charge is 0.483 e. The number of halogens is 2. The van der Waals surface area contributed by atoms with E-state index in [4.69, 9.17) is 10.5 Å². The van der Waals surface area contributed by atoms with Gasteiger partial charge in [0.15, 0.2) is 6.61 Å². The number of nitrogens with zero attached hydrogens (tertiary/aromatic N) is 1. The van der Waals surface area contributed by atoms with E-state index in [0.29, 0.717) is 29.7 Å². The van der Waals surface area contributed by atoms with Crippen LogP contribution in [0.2, 0.25) is 0 Å². The number of nitrogens with two attached hydrogens (primary N) is 1. The van der Waals surface area contributed by atoms with Crippen molar-refractivity contribution in [3.05, 3.63) is 28.5 Å². The molecule has 2 rings (SSSR count). The van der Waals surface area contributed by atoms with Crippen molar-refractivity contribution >= 4 is 27.7 Å². The highest BCUT2D eigenvalue weighted by molar-refractivity contribution is 9.10. The Morgan fingerprint density at radius 2 is 2.25 bits per heavy atom. The summed E-state index contributed by atoms with van der Waals surface area (Å²) in [6.07, 6.45) is 0.585. The van der Waals surface area contributed by atoms with Gasteiger partial charge in [-0.3, -0.25) is 9.59 Å². The van der Waals surface area contributed by atoms with Gasteiger partial charge in [0.2, 0.25) is 5.91 Å². The van der Waals surface area contributed by atoms with Gasteiger partial charge >= 0.3 is 0 Å². The van der Waals surface area contributed by atoms with Crippen LogP contribution in [0.25, 0.3) is 0 Å². The average molecular weight is 345 g/mol. The van der Waals surface area contributed by atoms with Crippen molar-refractivity contribution in [1.29, 1.82) is 0 Å².